The Morgan fingerprint density at radius 1 is 0.152 bits per heavy atom. The predicted octanol–water partition coefficient (Wildman–Crippen LogP) is 22.2. The first kappa shape index (κ1) is 72.5. The summed E-state index contributed by atoms with van der Waals surface area (Å²) in [6.07, 6.45) is 9.06. The molecule has 0 radical (unpaired) electrons. The highest BCUT2D eigenvalue weighted by atomic mass is 15.1. The van der Waals surface area contributed by atoms with Gasteiger partial charge in [-0.3, -0.25) is 15.0 Å². The van der Waals surface area contributed by atoms with E-state index in [4.69, 9.17) is 9.97 Å². The number of hydrogen-bond donors (Lipinski definition) is 0. The van der Waals surface area contributed by atoms with Crippen molar-refractivity contribution in [2.75, 3.05) is 0 Å². The molecule has 15 heteroatoms. The molecule has 0 aliphatic heterocycles. The van der Waals surface area contributed by atoms with Gasteiger partial charge in [-0.05, 0) is 144 Å². The third-order valence-corrected chi connectivity index (χ3v) is 18.1. The summed E-state index contributed by atoms with van der Waals surface area (Å²) in [4.78, 5) is 68.2. The van der Waals surface area contributed by atoms with Gasteiger partial charge in [-0.15, -0.1) is 0 Å². The second-order valence-corrected chi connectivity index (χ2v) is 26.1. The fourth-order valence-electron chi connectivity index (χ4n) is 12.6. The van der Waals surface area contributed by atoms with E-state index in [2.05, 4.69) is 180 Å². The van der Waals surface area contributed by atoms with Gasteiger partial charge in [0.25, 0.3) is 0 Å². The Morgan fingerprint density at radius 2 is 0.393 bits per heavy atom. The van der Waals surface area contributed by atoms with Gasteiger partial charge in [-0.25, -0.2) is 59.8 Å². The van der Waals surface area contributed by atoms with E-state index in [9.17, 15) is 0 Å². The molecule has 0 saturated carbocycles. The smallest absolute Gasteiger partial charge is 0.163 e. The van der Waals surface area contributed by atoms with E-state index in [1.807, 2.05) is 265 Å². The Bertz CT molecular complexity index is 5610. The van der Waals surface area contributed by atoms with Crippen molar-refractivity contribution in [1.29, 1.82) is 0 Å². The van der Waals surface area contributed by atoms with Gasteiger partial charge < -0.3 is 0 Å². The Hall–Kier alpha value is -15.1. The van der Waals surface area contributed by atoms with Crippen molar-refractivity contribution >= 4 is 0 Å². The Labute approximate surface area is 650 Å². The van der Waals surface area contributed by atoms with Gasteiger partial charge in [0.2, 0.25) is 0 Å². The minimum atomic E-state index is 0.654. The third-order valence-electron chi connectivity index (χ3n) is 18.1. The van der Waals surface area contributed by atoms with Crippen LogP contribution in [-0.4, -0.2) is 74.8 Å². The van der Waals surface area contributed by atoms with Crippen LogP contribution < -0.4 is 0 Å². The summed E-state index contributed by atoms with van der Waals surface area (Å²) in [6.45, 7) is 7.60. The molecule has 18 rings (SSSR count). The average molecular weight is 1450 g/mol. The van der Waals surface area contributed by atoms with Gasteiger partial charge in [-0.2, -0.15) is 0 Å². The molecule has 0 saturated heterocycles. The van der Waals surface area contributed by atoms with Crippen LogP contribution in [-0.2, 0) is 0 Å². The Morgan fingerprint density at radius 3 is 0.714 bits per heavy atom. The van der Waals surface area contributed by atoms with E-state index < -0.39 is 0 Å². The van der Waals surface area contributed by atoms with Gasteiger partial charge in [-0.1, -0.05) is 273 Å². The molecular weight excluding hydrogens is 1380 g/mol. The number of pyridine rings is 3. The topological polar surface area (TPSA) is 193 Å². The third kappa shape index (κ3) is 18.5. The SMILES string of the molecule is Cc1nc(-c2ccccc2)nc(-c2cc(-c3ccccc3)cc(-c3ccccn3)c2)n1.Cc1nc(-c2ccccc2)nc(-c2cc(-c3ccccc3)cc(-c3cccnc3)c2)n1.Cc1nc(-c2ccccc2)nc(-c2ccc(-c3ccccc3)cc2)n1.Cc1nc(-c2ccccc2)nc(-c2ccc(-c3ccncc3)cc2)n1. The Balaban J connectivity index is 0.000000119. The normalized spacial score (nSPS) is 10.7. The highest BCUT2D eigenvalue weighted by Crippen LogP contribution is 2.35. The number of rotatable bonds is 14. The number of nitrogens with zero attached hydrogens (tertiary/aromatic N) is 15. The highest BCUT2D eigenvalue weighted by Gasteiger charge is 2.17. The second kappa shape index (κ2) is 35.1. The van der Waals surface area contributed by atoms with Crippen LogP contribution in [0.5, 0.6) is 0 Å². The maximum atomic E-state index is 4.81. The quantitative estimate of drug-likeness (QED) is 0.0997. The maximum absolute atomic E-state index is 4.81. The monoisotopic (exact) mass is 1450 g/mol. The second-order valence-electron chi connectivity index (χ2n) is 26.1. The van der Waals surface area contributed by atoms with Crippen LogP contribution in [0.15, 0.2) is 371 Å². The van der Waals surface area contributed by atoms with Crippen LogP contribution in [0.4, 0.5) is 0 Å². The van der Waals surface area contributed by atoms with Crippen LogP contribution in [0.25, 0.3) is 158 Å². The summed E-state index contributed by atoms with van der Waals surface area (Å²) in [5.74, 6) is 8.26. The largest absolute Gasteiger partial charge is 0.265 e. The molecule has 0 bridgehead atoms. The molecule has 18 aromatic rings. The van der Waals surface area contributed by atoms with Crippen LogP contribution >= 0.6 is 0 Å². The van der Waals surface area contributed by atoms with E-state index in [1.165, 1.54) is 11.1 Å². The molecule has 11 aromatic carbocycles. The summed E-state index contributed by atoms with van der Waals surface area (Å²) in [5.41, 5.74) is 21.0. The molecule has 15 nitrogen and oxygen atoms in total. The van der Waals surface area contributed by atoms with Crippen molar-refractivity contribution in [1.82, 2.24) is 74.8 Å². The van der Waals surface area contributed by atoms with E-state index >= 15 is 0 Å². The number of benzene rings is 11. The van der Waals surface area contributed by atoms with Crippen LogP contribution in [0.3, 0.4) is 0 Å². The van der Waals surface area contributed by atoms with Crippen molar-refractivity contribution in [2.24, 2.45) is 0 Å². The Kier molecular flexibility index (Phi) is 22.7. The fraction of sp³-hybridized carbons (Fsp3) is 0.0412. The lowest BCUT2D eigenvalue weighted by Crippen LogP contribution is -2.00. The molecule has 0 unspecified atom stereocenters. The van der Waals surface area contributed by atoms with E-state index in [0.29, 0.717) is 64.1 Å². The summed E-state index contributed by atoms with van der Waals surface area (Å²) < 4.78 is 0. The van der Waals surface area contributed by atoms with Crippen molar-refractivity contribution in [3.8, 4) is 158 Å². The first-order valence-electron chi connectivity index (χ1n) is 36.6. The minimum Gasteiger partial charge on any atom is -0.265 e. The summed E-state index contributed by atoms with van der Waals surface area (Å²) in [7, 11) is 0. The van der Waals surface area contributed by atoms with E-state index in [-0.39, 0.29) is 0 Å². The molecule has 0 N–H and O–H groups in total. The van der Waals surface area contributed by atoms with Gasteiger partial charge >= 0.3 is 0 Å². The number of hydrogen-bond acceptors (Lipinski definition) is 15. The van der Waals surface area contributed by atoms with E-state index in [0.717, 1.165) is 106 Å². The summed E-state index contributed by atoms with van der Waals surface area (Å²) in [5, 5.41) is 0. The van der Waals surface area contributed by atoms with Gasteiger partial charge in [0.05, 0.1) is 5.69 Å². The lowest BCUT2D eigenvalue weighted by Gasteiger charge is -2.11. The number of aryl methyl sites for hydroxylation is 4. The van der Waals surface area contributed by atoms with Gasteiger partial charge in [0.15, 0.2) is 46.6 Å². The van der Waals surface area contributed by atoms with Crippen molar-refractivity contribution in [3.63, 3.8) is 0 Å². The zero-order valence-corrected chi connectivity index (χ0v) is 61.9. The van der Waals surface area contributed by atoms with Crippen molar-refractivity contribution in [3.05, 3.63) is 394 Å². The van der Waals surface area contributed by atoms with Gasteiger partial charge in [0, 0.05) is 86.6 Å². The van der Waals surface area contributed by atoms with Crippen LogP contribution in [0.2, 0.25) is 0 Å². The lowest BCUT2D eigenvalue weighted by atomic mass is 9.96. The predicted molar refractivity (Wildman–Crippen MR) is 448 cm³/mol. The molecule has 7 aromatic heterocycles. The molecule has 0 amide bonds. The van der Waals surface area contributed by atoms with Crippen molar-refractivity contribution in [2.45, 2.75) is 27.7 Å². The molecule has 0 aliphatic carbocycles. The standard InChI is InChI=1S/2C27H20N4.C22H17N3.C21H16N4/c1-19-29-26(21-12-6-3-7-13-21)31-27(30-19)24-17-22(20-10-4-2-5-11-20)16-23(18-24)25-14-8-9-15-28-25;1-19-29-26(21-11-6-3-7-12-21)31-27(30-19)25-16-23(20-9-4-2-5-10-20)15-24(17-25)22-13-8-14-28-18-22;1-16-23-21(19-10-6-3-7-11-19)25-22(24-16)20-14-12-18(13-15-20)17-8-4-2-5-9-17;1-15-23-20(18-5-3-2-4-6-18)25-21(24-15)19-9-7-16(8-10-19)17-11-13-22-14-12-17/h2*2-18H,1H3;2-15H,1H3;2-14H,1H3. The average Bonchev–Trinajstić information content (AvgIpc) is 0.795. The number of aromatic nitrogens is 15. The summed E-state index contributed by atoms with van der Waals surface area (Å²) >= 11 is 0. The van der Waals surface area contributed by atoms with Crippen LogP contribution in [0.1, 0.15) is 23.3 Å². The molecule has 7 heterocycles. The molecule has 112 heavy (non-hydrogen) atoms. The zero-order chi connectivity index (χ0) is 76.2. The molecular formula is C97H73N15. The minimum absolute atomic E-state index is 0.654. The summed E-state index contributed by atoms with van der Waals surface area (Å²) in [6, 6.07) is 114. The molecule has 536 valence electrons. The van der Waals surface area contributed by atoms with Crippen molar-refractivity contribution < 1.29 is 0 Å². The molecule has 0 atom stereocenters. The van der Waals surface area contributed by atoms with Crippen LogP contribution in [0, 0.1) is 27.7 Å². The maximum Gasteiger partial charge on any atom is 0.163 e. The fourth-order valence-corrected chi connectivity index (χ4v) is 12.6. The van der Waals surface area contributed by atoms with Gasteiger partial charge in [0.1, 0.15) is 23.3 Å². The highest BCUT2D eigenvalue weighted by molar-refractivity contribution is 5.81. The molecule has 0 aliphatic rings. The first-order valence-corrected chi connectivity index (χ1v) is 36.6. The zero-order valence-electron chi connectivity index (χ0n) is 61.9. The van der Waals surface area contributed by atoms with E-state index in [1.54, 1.807) is 18.6 Å². The molecule has 0 spiro atoms. The first-order chi connectivity index (χ1) is 55.1. The molecule has 0 fully saturated rings. The lowest BCUT2D eigenvalue weighted by molar-refractivity contribution is 0.991.